The smallest absolute Gasteiger partial charge is 0.338 e. The highest BCUT2D eigenvalue weighted by Gasteiger charge is 2.11. The van der Waals surface area contributed by atoms with Crippen molar-refractivity contribution < 1.29 is 14.3 Å². The van der Waals surface area contributed by atoms with Crippen LogP contribution in [0.2, 0.25) is 0 Å². The van der Waals surface area contributed by atoms with Gasteiger partial charge in [0.05, 0.1) is 5.56 Å². The van der Waals surface area contributed by atoms with Gasteiger partial charge >= 0.3 is 5.97 Å². The molecule has 92 valence electrons. The van der Waals surface area contributed by atoms with Crippen LogP contribution >= 0.6 is 0 Å². The van der Waals surface area contributed by atoms with Crippen LogP contribution in [0.15, 0.2) is 18.2 Å². The molecule has 0 radical (unpaired) electrons. The maximum absolute atomic E-state index is 11.7. The molecule has 0 aliphatic heterocycles. The van der Waals surface area contributed by atoms with Crippen LogP contribution in [0.3, 0.4) is 0 Å². The minimum atomic E-state index is -0.464. The summed E-state index contributed by atoms with van der Waals surface area (Å²) in [6.45, 7) is 5.90. The van der Waals surface area contributed by atoms with Crippen LogP contribution in [-0.2, 0) is 9.53 Å². The largest absolute Gasteiger partial charge is 0.452 e. The molecule has 1 rings (SSSR count). The van der Waals surface area contributed by atoms with Gasteiger partial charge in [0.25, 0.3) is 5.91 Å². The van der Waals surface area contributed by atoms with Gasteiger partial charge in [0.2, 0.25) is 0 Å². The lowest BCUT2D eigenvalue weighted by molar-refractivity contribution is -0.124. The molecular weight excluding hydrogens is 218 g/mol. The van der Waals surface area contributed by atoms with Gasteiger partial charge in [0.1, 0.15) is 0 Å². The average molecular weight is 235 g/mol. The molecule has 17 heavy (non-hydrogen) atoms. The molecule has 1 N–H and O–H groups in total. The molecule has 0 heterocycles. The van der Waals surface area contributed by atoms with Crippen LogP contribution in [0.5, 0.6) is 0 Å². The first-order valence-corrected chi connectivity index (χ1v) is 5.55. The van der Waals surface area contributed by atoms with Gasteiger partial charge in [0, 0.05) is 6.54 Å². The lowest BCUT2D eigenvalue weighted by Crippen LogP contribution is -2.28. The predicted octanol–water partition coefficient (Wildman–Crippen LogP) is 1.60. The predicted molar refractivity (Wildman–Crippen MR) is 64.9 cm³/mol. The molecular formula is C13H17NO3. The summed E-state index contributed by atoms with van der Waals surface area (Å²) < 4.78 is 4.91. The second kappa shape index (κ2) is 6.03. The van der Waals surface area contributed by atoms with E-state index in [0.717, 1.165) is 11.1 Å². The zero-order valence-electron chi connectivity index (χ0n) is 10.4. The zero-order valence-corrected chi connectivity index (χ0v) is 10.4. The van der Waals surface area contributed by atoms with E-state index in [0.29, 0.717) is 12.1 Å². The second-order valence-corrected chi connectivity index (χ2v) is 3.85. The first-order chi connectivity index (χ1) is 8.04. The highest BCUT2D eigenvalue weighted by atomic mass is 16.5. The van der Waals surface area contributed by atoms with Crippen molar-refractivity contribution in [2.45, 2.75) is 20.8 Å². The van der Waals surface area contributed by atoms with Crippen LogP contribution in [-0.4, -0.2) is 25.0 Å². The molecule has 0 atom stereocenters. The number of hydrogen-bond acceptors (Lipinski definition) is 3. The first kappa shape index (κ1) is 13.2. The Bertz CT molecular complexity index is 427. The van der Waals surface area contributed by atoms with Crippen molar-refractivity contribution in [1.29, 1.82) is 0 Å². The third-order valence-corrected chi connectivity index (χ3v) is 2.31. The Morgan fingerprint density at radius 3 is 2.59 bits per heavy atom. The van der Waals surface area contributed by atoms with Gasteiger partial charge in [-0.1, -0.05) is 17.7 Å². The van der Waals surface area contributed by atoms with Crippen molar-refractivity contribution in [3.05, 3.63) is 34.9 Å². The summed E-state index contributed by atoms with van der Waals surface area (Å²) in [7, 11) is 0. The number of aryl methyl sites for hydroxylation is 2. The highest BCUT2D eigenvalue weighted by molar-refractivity contribution is 5.92. The zero-order chi connectivity index (χ0) is 12.8. The Balaban J connectivity index is 2.61. The monoisotopic (exact) mass is 235 g/mol. The number of nitrogens with one attached hydrogen (secondary N) is 1. The maximum Gasteiger partial charge on any atom is 0.338 e. The number of carbonyl (C=O) groups excluding carboxylic acids is 2. The molecule has 0 aliphatic rings. The van der Waals surface area contributed by atoms with E-state index in [2.05, 4.69) is 5.32 Å². The third kappa shape index (κ3) is 3.90. The second-order valence-electron chi connectivity index (χ2n) is 3.85. The molecule has 0 spiro atoms. The molecule has 1 aromatic carbocycles. The Morgan fingerprint density at radius 1 is 1.29 bits per heavy atom. The minimum Gasteiger partial charge on any atom is -0.452 e. The molecule has 1 aromatic rings. The van der Waals surface area contributed by atoms with Crippen LogP contribution in [0, 0.1) is 13.8 Å². The fourth-order valence-corrected chi connectivity index (χ4v) is 1.50. The van der Waals surface area contributed by atoms with Gasteiger partial charge in [0.15, 0.2) is 6.61 Å². The quantitative estimate of drug-likeness (QED) is 0.806. The number of hydrogen-bond donors (Lipinski definition) is 1. The van der Waals surface area contributed by atoms with Crippen molar-refractivity contribution in [1.82, 2.24) is 5.32 Å². The lowest BCUT2D eigenvalue weighted by atomic mass is 10.1. The molecule has 0 fully saturated rings. The molecule has 1 amide bonds. The third-order valence-electron chi connectivity index (χ3n) is 2.31. The normalized spacial score (nSPS) is 9.82. The van der Waals surface area contributed by atoms with Crippen LogP contribution in [0.1, 0.15) is 28.4 Å². The summed E-state index contributed by atoms with van der Waals surface area (Å²) in [5.74, 6) is -0.751. The Labute approximate surface area is 101 Å². The fraction of sp³-hybridized carbons (Fsp3) is 0.385. The molecule has 0 saturated heterocycles. The van der Waals surface area contributed by atoms with E-state index in [4.69, 9.17) is 4.74 Å². The van der Waals surface area contributed by atoms with Gasteiger partial charge < -0.3 is 10.1 Å². The maximum atomic E-state index is 11.7. The lowest BCUT2D eigenvalue weighted by Gasteiger charge is -2.07. The molecule has 0 saturated carbocycles. The highest BCUT2D eigenvalue weighted by Crippen LogP contribution is 2.11. The van der Waals surface area contributed by atoms with Crippen LogP contribution in [0.4, 0.5) is 0 Å². The van der Waals surface area contributed by atoms with Gasteiger partial charge in [-0.3, -0.25) is 4.79 Å². The number of benzene rings is 1. The Hall–Kier alpha value is -1.84. The molecule has 0 aromatic heterocycles. The summed E-state index contributed by atoms with van der Waals surface area (Å²) in [5.41, 5.74) is 2.44. The standard InChI is InChI=1S/C13H17NO3/c1-4-14-12(15)8-17-13(16)11-6-5-9(2)7-10(11)3/h5-7H,4,8H2,1-3H3,(H,14,15). The summed E-state index contributed by atoms with van der Waals surface area (Å²) in [6, 6.07) is 5.46. The molecule has 4 heteroatoms. The first-order valence-electron chi connectivity index (χ1n) is 5.55. The summed E-state index contributed by atoms with van der Waals surface area (Å²) >= 11 is 0. The Kier molecular flexibility index (Phi) is 4.69. The average Bonchev–Trinajstić information content (AvgIpc) is 2.26. The van der Waals surface area contributed by atoms with E-state index in [1.165, 1.54) is 0 Å². The Morgan fingerprint density at radius 2 is 2.00 bits per heavy atom. The van der Waals surface area contributed by atoms with Crippen molar-refractivity contribution in [3.63, 3.8) is 0 Å². The number of carbonyl (C=O) groups is 2. The number of rotatable bonds is 4. The van der Waals surface area contributed by atoms with E-state index in [-0.39, 0.29) is 12.5 Å². The molecule has 0 unspecified atom stereocenters. The number of likely N-dealkylation sites (N-methyl/N-ethyl adjacent to an activating group) is 1. The number of ether oxygens (including phenoxy) is 1. The van der Waals surface area contributed by atoms with Crippen LogP contribution < -0.4 is 5.32 Å². The molecule has 0 aliphatic carbocycles. The fourth-order valence-electron chi connectivity index (χ4n) is 1.50. The van der Waals surface area contributed by atoms with Crippen molar-refractivity contribution in [3.8, 4) is 0 Å². The van der Waals surface area contributed by atoms with Gasteiger partial charge in [-0.25, -0.2) is 4.79 Å². The van der Waals surface area contributed by atoms with Gasteiger partial charge in [-0.2, -0.15) is 0 Å². The van der Waals surface area contributed by atoms with E-state index < -0.39 is 5.97 Å². The van der Waals surface area contributed by atoms with Crippen LogP contribution in [0.25, 0.3) is 0 Å². The molecule has 0 bridgehead atoms. The van der Waals surface area contributed by atoms with Crippen molar-refractivity contribution in [2.75, 3.05) is 13.2 Å². The number of amides is 1. The van der Waals surface area contributed by atoms with Crippen molar-refractivity contribution >= 4 is 11.9 Å². The minimum absolute atomic E-state index is 0.236. The van der Waals surface area contributed by atoms with E-state index in [9.17, 15) is 9.59 Å². The number of esters is 1. The van der Waals surface area contributed by atoms with Crippen molar-refractivity contribution in [2.24, 2.45) is 0 Å². The summed E-state index contributed by atoms with van der Waals surface area (Å²) in [4.78, 5) is 22.8. The topological polar surface area (TPSA) is 55.4 Å². The van der Waals surface area contributed by atoms with Gasteiger partial charge in [-0.05, 0) is 32.4 Å². The van der Waals surface area contributed by atoms with E-state index in [1.807, 2.05) is 32.9 Å². The SMILES string of the molecule is CCNC(=O)COC(=O)c1ccc(C)cc1C. The van der Waals surface area contributed by atoms with E-state index in [1.54, 1.807) is 6.07 Å². The summed E-state index contributed by atoms with van der Waals surface area (Å²) in [6.07, 6.45) is 0. The summed E-state index contributed by atoms with van der Waals surface area (Å²) in [5, 5.41) is 2.56. The molecule has 4 nitrogen and oxygen atoms in total. The van der Waals surface area contributed by atoms with E-state index >= 15 is 0 Å². The van der Waals surface area contributed by atoms with Gasteiger partial charge in [-0.15, -0.1) is 0 Å².